The third-order valence-corrected chi connectivity index (χ3v) is 11.9. The zero-order chi connectivity index (χ0) is 26.3. The van der Waals surface area contributed by atoms with Crippen LogP contribution in [0.15, 0.2) is 28.3 Å². The first-order valence-electron chi connectivity index (χ1n) is 14.6. The van der Waals surface area contributed by atoms with Crippen molar-refractivity contribution in [2.75, 3.05) is 0 Å². The topological polar surface area (TPSA) is 68.3 Å². The molecule has 0 amide bonds. The molecule has 0 saturated heterocycles. The second-order valence-corrected chi connectivity index (χ2v) is 13.3. The van der Waals surface area contributed by atoms with Gasteiger partial charge in [0.05, 0.1) is 24.5 Å². The molecular formula is C32H44N2O3. The van der Waals surface area contributed by atoms with Crippen molar-refractivity contribution in [3.05, 3.63) is 46.7 Å². The Morgan fingerprint density at radius 3 is 2.68 bits per heavy atom. The number of hydrogen-bond donors (Lipinski definition) is 1. The molecule has 2 aromatic heterocycles. The Balaban J connectivity index is 1.33. The predicted octanol–water partition coefficient (Wildman–Crippen LogP) is 6.47. The number of carbonyl (C=O) groups is 1. The smallest absolute Gasteiger partial charge is 0.139 e. The number of nitrogens with zero attached hydrogens (tertiary/aromatic N) is 2. The summed E-state index contributed by atoms with van der Waals surface area (Å²) < 4.78 is 8.05. The maximum absolute atomic E-state index is 13.3. The lowest BCUT2D eigenvalue weighted by Gasteiger charge is -2.61. The van der Waals surface area contributed by atoms with Gasteiger partial charge in [0.2, 0.25) is 0 Å². The molecular weight excluding hydrogens is 460 g/mol. The summed E-state index contributed by atoms with van der Waals surface area (Å²) in [6, 6.07) is 4.12. The zero-order valence-electron chi connectivity index (χ0n) is 23.5. The molecule has 2 aromatic rings. The Hall–Kier alpha value is -2.14. The third kappa shape index (κ3) is 3.31. The summed E-state index contributed by atoms with van der Waals surface area (Å²) in [7, 11) is 0. The fourth-order valence-corrected chi connectivity index (χ4v) is 9.73. The van der Waals surface area contributed by atoms with Gasteiger partial charge in [0.15, 0.2) is 0 Å². The van der Waals surface area contributed by atoms with Crippen molar-refractivity contribution >= 4 is 11.9 Å². The summed E-state index contributed by atoms with van der Waals surface area (Å²) in [4.78, 5) is 13.3. The normalized spacial score (nSPS) is 40.4. The summed E-state index contributed by atoms with van der Waals surface area (Å²) in [5, 5.41) is 16.7. The van der Waals surface area contributed by atoms with Gasteiger partial charge in [0, 0.05) is 18.3 Å². The van der Waals surface area contributed by atoms with Crippen LogP contribution >= 0.6 is 0 Å². The number of carbonyl (C=O) groups excluding carboxylic acids is 1. The largest absolute Gasteiger partial charge is 0.464 e. The van der Waals surface area contributed by atoms with Crippen molar-refractivity contribution in [2.24, 2.45) is 39.9 Å². The zero-order valence-corrected chi connectivity index (χ0v) is 23.5. The second-order valence-electron chi connectivity index (χ2n) is 13.3. The van der Waals surface area contributed by atoms with Gasteiger partial charge in [-0.3, -0.25) is 9.48 Å². The molecule has 3 saturated carbocycles. The van der Waals surface area contributed by atoms with Crippen LogP contribution in [0.4, 0.5) is 0 Å². The Kier molecular flexibility index (Phi) is 5.73. The standard InChI is InChI=1S/C32H44N2O3/c1-7-22-10-11-23(37-22)18-34-26-14-21-9-12-24-25-13-19(3)32(6,28(36)8-2)31(25,5)16-27(35)29(24)30(21,4)15-20(26)17-33-34/h10-11,14,17,19,24-25,27,29,35H,7-9,12-13,15-16,18H2,1-6H3/t19-,24+,25+,27+,29-,30+,31+,32-/m1/s1. The summed E-state index contributed by atoms with van der Waals surface area (Å²) in [5.41, 5.74) is 3.40. The van der Waals surface area contributed by atoms with E-state index in [0.29, 0.717) is 36.5 Å². The summed E-state index contributed by atoms with van der Waals surface area (Å²) in [5.74, 6) is 3.87. The molecule has 200 valence electrons. The van der Waals surface area contributed by atoms with E-state index in [2.05, 4.69) is 57.5 Å². The molecule has 1 N–H and O–H groups in total. The minimum Gasteiger partial charge on any atom is -0.464 e. The van der Waals surface area contributed by atoms with Crippen LogP contribution in [-0.2, 0) is 24.2 Å². The lowest BCUT2D eigenvalue weighted by Crippen LogP contribution is -2.59. The molecule has 0 spiro atoms. The van der Waals surface area contributed by atoms with E-state index in [-0.39, 0.29) is 28.3 Å². The van der Waals surface area contributed by atoms with Crippen molar-refractivity contribution in [2.45, 2.75) is 99.1 Å². The number of furan rings is 1. The molecule has 0 aliphatic heterocycles. The van der Waals surface area contributed by atoms with Gasteiger partial charge in [-0.15, -0.1) is 0 Å². The van der Waals surface area contributed by atoms with Crippen LogP contribution in [0, 0.1) is 39.9 Å². The van der Waals surface area contributed by atoms with Crippen LogP contribution in [0.3, 0.4) is 0 Å². The number of Topliss-reactive ketones (excluding diaryl/α,β-unsaturated/α-hetero) is 1. The van der Waals surface area contributed by atoms with Gasteiger partial charge in [-0.1, -0.05) is 47.1 Å². The average molecular weight is 505 g/mol. The van der Waals surface area contributed by atoms with Crippen LogP contribution in [0.5, 0.6) is 0 Å². The number of ketones is 1. The van der Waals surface area contributed by atoms with Crippen molar-refractivity contribution in [1.82, 2.24) is 9.78 Å². The first kappa shape index (κ1) is 25.2. The van der Waals surface area contributed by atoms with Gasteiger partial charge in [0.1, 0.15) is 17.3 Å². The van der Waals surface area contributed by atoms with Crippen molar-refractivity contribution in [3.63, 3.8) is 0 Å². The molecule has 5 nitrogen and oxygen atoms in total. The van der Waals surface area contributed by atoms with E-state index < -0.39 is 0 Å². The number of aromatic nitrogens is 2. The molecule has 6 rings (SSSR count). The van der Waals surface area contributed by atoms with E-state index >= 15 is 0 Å². The number of aliphatic hydroxyl groups is 1. The number of aryl methyl sites for hydroxylation is 1. The number of allylic oxidation sites excluding steroid dienone is 1. The monoisotopic (exact) mass is 504 g/mol. The molecule has 0 unspecified atom stereocenters. The van der Waals surface area contributed by atoms with Gasteiger partial charge in [-0.05, 0) is 90.4 Å². The maximum Gasteiger partial charge on any atom is 0.139 e. The number of hydrogen-bond acceptors (Lipinski definition) is 4. The fourth-order valence-electron chi connectivity index (χ4n) is 9.73. The van der Waals surface area contributed by atoms with Gasteiger partial charge < -0.3 is 9.52 Å². The molecule has 0 radical (unpaired) electrons. The van der Waals surface area contributed by atoms with E-state index in [4.69, 9.17) is 9.52 Å². The fraction of sp³-hybridized carbons (Fsp3) is 0.688. The number of rotatable bonds is 5. The second kappa shape index (κ2) is 8.43. The Morgan fingerprint density at radius 2 is 1.97 bits per heavy atom. The summed E-state index contributed by atoms with van der Waals surface area (Å²) >= 11 is 0. The van der Waals surface area contributed by atoms with Gasteiger partial charge in [0.25, 0.3) is 0 Å². The van der Waals surface area contributed by atoms with Gasteiger partial charge in [-0.2, -0.15) is 5.10 Å². The van der Waals surface area contributed by atoms with E-state index in [0.717, 1.165) is 50.0 Å². The molecule has 8 atom stereocenters. The number of aliphatic hydroxyl groups excluding tert-OH is 1. The lowest BCUT2D eigenvalue weighted by molar-refractivity contribution is -0.158. The molecule has 0 bridgehead atoms. The third-order valence-electron chi connectivity index (χ3n) is 11.9. The summed E-state index contributed by atoms with van der Waals surface area (Å²) in [6.07, 6.45) is 10.5. The Labute approximate surface area is 221 Å². The molecule has 3 fully saturated rings. The minimum absolute atomic E-state index is 0.0679. The van der Waals surface area contributed by atoms with Crippen LogP contribution in [0.1, 0.15) is 96.4 Å². The summed E-state index contributed by atoms with van der Waals surface area (Å²) in [6.45, 7) is 14.0. The molecule has 37 heavy (non-hydrogen) atoms. The highest BCUT2D eigenvalue weighted by molar-refractivity contribution is 5.86. The first-order chi connectivity index (χ1) is 17.6. The van der Waals surface area contributed by atoms with Crippen molar-refractivity contribution in [1.29, 1.82) is 0 Å². The average Bonchev–Trinajstić information content (AvgIpc) is 3.54. The van der Waals surface area contributed by atoms with Crippen LogP contribution < -0.4 is 0 Å². The highest BCUT2D eigenvalue weighted by Gasteiger charge is 2.68. The number of fused-ring (bicyclic) bond motifs is 6. The van der Waals surface area contributed by atoms with Gasteiger partial charge >= 0.3 is 0 Å². The molecule has 5 heteroatoms. The van der Waals surface area contributed by atoms with Crippen molar-refractivity contribution in [3.8, 4) is 0 Å². The maximum atomic E-state index is 13.3. The molecule has 4 aliphatic carbocycles. The first-order valence-corrected chi connectivity index (χ1v) is 14.6. The van der Waals surface area contributed by atoms with E-state index in [1.165, 1.54) is 16.8 Å². The Morgan fingerprint density at radius 1 is 1.22 bits per heavy atom. The predicted molar refractivity (Wildman–Crippen MR) is 145 cm³/mol. The molecule has 4 aliphatic rings. The highest BCUT2D eigenvalue weighted by atomic mass is 16.3. The van der Waals surface area contributed by atoms with Gasteiger partial charge in [-0.25, -0.2) is 0 Å². The molecule has 2 heterocycles. The van der Waals surface area contributed by atoms with Crippen LogP contribution in [0.2, 0.25) is 0 Å². The highest BCUT2D eigenvalue weighted by Crippen LogP contribution is 2.71. The van der Waals surface area contributed by atoms with Crippen LogP contribution in [-0.4, -0.2) is 26.8 Å². The van der Waals surface area contributed by atoms with E-state index in [9.17, 15) is 9.90 Å². The minimum atomic E-state index is -0.388. The quantitative estimate of drug-likeness (QED) is 0.507. The lowest BCUT2D eigenvalue weighted by atomic mass is 9.44. The Bertz CT molecular complexity index is 1250. The molecule has 0 aromatic carbocycles. The van der Waals surface area contributed by atoms with Crippen LogP contribution in [0.25, 0.3) is 6.08 Å². The SMILES string of the molecule is CCC(=O)[C@@]1(C)[C@H](C)C[C@H]2[C@@H]3CCC4=Cc5c(cnn5Cc5ccc(CC)o5)C[C@]4(C)[C@H]3[C@@H](O)C[C@@]21C. The van der Waals surface area contributed by atoms with E-state index in [1.807, 2.05) is 13.1 Å². The van der Waals surface area contributed by atoms with Crippen molar-refractivity contribution < 1.29 is 14.3 Å². The van der Waals surface area contributed by atoms with E-state index in [1.54, 1.807) is 0 Å².